The molecule has 2 heteroatoms. The molecule has 0 spiro atoms. The molecule has 1 heterocycles. The first kappa shape index (κ1) is 9.23. The molecule has 0 aromatic rings. The van der Waals surface area contributed by atoms with E-state index in [4.69, 9.17) is 9.47 Å². The van der Waals surface area contributed by atoms with E-state index in [0.29, 0.717) is 0 Å². The maximum Gasteiger partial charge on any atom is 0.161 e. The molecule has 0 radical (unpaired) electrons. The second kappa shape index (κ2) is 5.75. The van der Waals surface area contributed by atoms with Crippen LogP contribution in [0.3, 0.4) is 0 Å². The largest absolute Gasteiger partial charge is 0.350 e. The molecule has 1 fully saturated rings. The number of hydrogen-bond donors (Lipinski definition) is 0. The summed E-state index contributed by atoms with van der Waals surface area (Å²) in [4.78, 5) is 0. The molecular formula is C10H14O2. The van der Waals surface area contributed by atoms with E-state index in [1.165, 1.54) is 0 Å². The van der Waals surface area contributed by atoms with Crippen LogP contribution in [0.25, 0.3) is 0 Å². The summed E-state index contributed by atoms with van der Waals surface area (Å²) in [7, 11) is 0. The standard InChI is InChI=1S/C10H14O2/c1-2-3-4-5-6-7-10-11-8-9-12-10/h2-6,10H,1,7-9H2/b4-3-,6-5-. The Morgan fingerprint density at radius 2 is 1.92 bits per heavy atom. The van der Waals surface area contributed by atoms with E-state index >= 15 is 0 Å². The Morgan fingerprint density at radius 1 is 1.17 bits per heavy atom. The molecule has 1 aliphatic rings. The molecule has 66 valence electrons. The Hall–Kier alpha value is -0.860. The van der Waals surface area contributed by atoms with E-state index in [1.54, 1.807) is 6.08 Å². The van der Waals surface area contributed by atoms with Gasteiger partial charge in [0, 0.05) is 6.42 Å². The Bertz CT molecular complexity index is 176. The van der Waals surface area contributed by atoms with Crippen LogP contribution in [-0.2, 0) is 9.47 Å². The van der Waals surface area contributed by atoms with E-state index in [9.17, 15) is 0 Å². The number of ether oxygens (including phenoxy) is 2. The fraction of sp³-hybridized carbons (Fsp3) is 0.400. The average Bonchev–Trinajstić information content (AvgIpc) is 2.57. The van der Waals surface area contributed by atoms with Crippen molar-refractivity contribution in [2.45, 2.75) is 12.7 Å². The van der Waals surface area contributed by atoms with Crippen LogP contribution in [0.5, 0.6) is 0 Å². The fourth-order valence-electron chi connectivity index (χ4n) is 0.954. The van der Waals surface area contributed by atoms with Gasteiger partial charge in [-0.15, -0.1) is 0 Å². The van der Waals surface area contributed by atoms with Crippen LogP contribution in [0.1, 0.15) is 6.42 Å². The van der Waals surface area contributed by atoms with Gasteiger partial charge in [-0.25, -0.2) is 0 Å². The summed E-state index contributed by atoms with van der Waals surface area (Å²) >= 11 is 0. The van der Waals surface area contributed by atoms with Crippen LogP contribution in [0, 0.1) is 0 Å². The topological polar surface area (TPSA) is 18.5 Å². The highest BCUT2D eigenvalue weighted by molar-refractivity contribution is 5.08. The van der Waals surface area contributed by atoms with Gasteiger partial charge in [0.05, 0.1) is 13.2 Å². The van der Waals surface area contributed by atoms with E-state index < -0.39 is 0 Å². The van der Waals surface area contributed by atoms with Gasteiger partial charge >= 0.3 is 0 Å². The summed E-state index contributed by atoms with van der Waals surface area (Å²) in [6.07, 6.45) is 10.3. The molecule has 0 saturated carbocycles. The maximum atomic E-state index is 5.24. The summed E-state index contributed by atoms with van der Waals surface area (Å²) < 4.78 is 10.5. The fourth-order valence-corrected chi connectivity index (χ4v) is 0.954. The number of hydrogen-bond acceptors (Lipinski definition) is 2. The third-order valence-corrected chi connectivity index (χ3v) is 1.51. The second-order valence-electron chi connectivity index (χ2n) is 2.46. The van der Waals surface area contributed by atoms with Crippen LogP contribution in [-0.4, -0.2) is 19.5 Å². The molecule has 0 aromatic heterocycles. The highest BCUT2D eigenvalue weighted by Crippen LogP contribution is 2.07. The lowest BCUT2D eigenvalue weighted by Gasteiger charge is -2.03. The minimum Gasteiger partial charge on any atom is -0.350 e. The summed E-state index contributed by atoms with van der Waals surface area (Å²) in [6, 6.07) is 0. The van der Waals surface area contributed by atoms with Crippen molar-refractivity contribution in [1.29, 1.82) is 0 Å². The van der Waals surface area contributed by atoms with Crippen LogP contribution >= 0.6 is 0 Å². The van der Waals surface area contributed by atoms with E-state index in [-0.39, 0.29) is 6.29 Å². The third-order valence-electron chi connectivity index (χ3n) is 1.51. The molecule has 0 aliphatic carbocycles. The maximum absolute atomic E-state index is 5.24. The zero-order valence-corrected chi connectivity index (χ0v) is 7.11. The molecule has 1 saturated heterocycles. The Kier molecular flexibility index (Phi) is 4.42. The number of rotatable bonds is 4. The van der Waals surface area contributed by atoms with Crippen molar-refractivity contribution in [2.75, 3.05) is 13.2 Å². The highest BCUT2D eigenvalue weighted by atomic mass is 16.7. The van der Waals surface area contributed by atoms with Crippen LogP contribution in [0.4, 0.5) is 0 Å². The SMILES string of the molecule is C=C/C=C\C=C/CC1OCCO1. The van der Waals surface area contributed by atoms with Gasteiger partial charge in [0.1, 0.15) is 0 Å². The summed E-state index contributed by atoms with van der Waals surface area (Å²) in [5.74, 6) is 0. The highest BCUT2D eigenvalue weighted by Gasteiger charge is 2.12. The molecule has 0 atom stereocenters. The zero-order valence-electron chi connectivity index (χ0n) is 7.11. The molecule has 12 heavy (non-hydrogen) atoms. The lowest BCUT2D eigenvalue weighted by molar-refractivity contribution is -0.0380. The monoisotopic (exact) mass is 166 g/mol. The van der Waals surface area contributed by atoms with Crippen molar-refractivity contribution in [3.63, 3.8) is 0 Å². The summed E-state index contributed by atoms with van der Waals surface area (Å²) in [5, 5.41) is 0. The van der Waals surface area contributed by atoms with Crippen molar-refractivity contribution in [1.82, 2.24) is 0 Å². The van der Waals surface area contributed by atoms with Crippen molar-refractivity contribution in [3.05, 3.63) is 37.0 Å². The normalized spacial score (nSPS) is 19.7. The lowest BCUT2D eigenvalue weighted by atomic mass is 10.3. The molecule has 2 nitrogen and oxygen atoms in total. The molecule has 0 N–H and O–H groups in total. The minimum atomic E-state index is -0.0293. The van der Waals surface area contributed by atoms with Crippen molar-refractivity contribution in [2.24, 2.45) is 0 Å². The van der Waals surface area contributed by atoms with Gasteiger partial charge in [-0.1, -0.05) is 37.0 Å². The Labute approximate surface area is 73.2 Å². The van der Waals surface area contributed by atoms with Gasteiger partial charge < -0.3 is 9.47 Å². The van der Waals surface area contributed by atoms with Gasteiger partial charge in [-0.3, -0.25) is 0 Å². The quantitative estimate of drug-likeness (QED) is 0.595. The predicted octanol–water partition coefficient (Wildman–Crippen LogP) is 2.05. The van der Waals surface area contributed by atoms with Gasteiger partial charge in [-0.05, 0) is 0 Å². The van der Waals surface area contributed by atoms with Gasteiger partial charge in [0.2, 0.25) is 0 Å². The molecule has 0 aromatic carbocycles. The molecule has 1 aliphatic heterocycles. The van der Waals surface area contributed by atoms with E-state index in [2.05, 4.69) is 6.58 Å². The zero-order chi connectivity index (χ0) is 8.65. The molecule has 0 unspecified atom stereocenters. The average molecular weight is 166 g/mol. The van der Waals surface area contributed by atoms with Crippen LogP contribution in [0.15, 0.2) is 37.0 Å². The number of allylic oxidation sites excluding steroid dienone is 4. The van der Waals surface area contributed by atoms with Crippen LogP contribution < -0.4 is 0 Å². The predicted molar refractivity (Wildman–Crippen MR) is 48.8 cm³/mol. The molecular weight excluding hydrogens is 152 g/mol. The lowest BCUT2D eigenvalue weighted by Crippen LogP contribution is -2.04. The summed E-state index contributed by atoms with van der Waals surface area (Å²) in [6.45, 7) is 5.01. The first-order chi connectivity index (χ1) is 5.93. The Morgan fingerprint density at radius 3 is 2.58 bits per heavy atom. The van der Waals surface area contributed by atoms with E-state index in [0.717, 1.165) is 19.6 Å². The first-order valence-corrected chi connectivity index (χ1v) is 4.11. The smallest absolute Gasteiger partial charge is 0.161 e. The van der Waals surface area contributed by atoms with Gasteiger partial charge in [0.15, 0.2) is 6.29 Å². The molecule has 0 amide bonds. The van der Waals surface area contributed by atoms with Gasteiger partial charge in [0.25, 0.3) is 0 Å². The minimum absolute atomic E-state index is 0.0293. The Balaban J connectivity index is 2.11. The van der Waals surface area contributed by atoms with Gasteiger partial charge in [-0.2, -0.15) is 0 Å². The summed E-state index contributed by atoms with van der Waals surface area (Å²) in [5.41, 5.74) is 0. The van der Waals surface area contributed by atoms with Crippen molar-refractivity contribution >= 4 is 0 Å². The molecule has 0 bridgehead atoms. The van der Waals surface area contributed by atoms with Crippen LogP contribution in [0.2, 0.25) is 0 Å². The second-order valence-corrected chi connectivity index (χ2v) is 2.46. The van der Waals surface area contributed by atoms with E-state index in [1.807, 2.05) is 24.3 Å². The van der Waals surface area contributed by atoms with Crippen molar-refractivity contribution in [3.8, 4) is 0 Å². The van der Waals surface area contributed by atoms with Crippen molar-refractivity contribution < 1.29 is 9.47 Å². The third kappa shape index (κ3) is 3.51. The molecule has 1 rings (SSSR count). The first-order valence-electron chi connectivity index (χ1n) is 4.11.